The van der Waals surface area contributed by atoms with Gasteiger partial charge in [-0.25, -0.2) is 0 Å². The molecule has 0 heterocycles. The van der Waals surface area contributed by atoms with Crippen LogP contribution in [-0.4, -0.2) is 0 Å². The van der Waals surface area contributed by atoms with Crippen LogP contribution in [0.3, 0.4) is 0 Å². The van der Waals surface area contributed by atoms with E-state index in [1.807, 2.05) is 0 Å². The van der Waals surface area contributed by atoms with Crippen LogP contribution < -0.4 is 0 Å². The minimum Gasteiger partial charge on any atom is -0.0623 e. The minimum absolute atomic E-state index is 0.986. The summed E-state index contributed by atoms with van der Waals surface area (Å²) in [6, 6.07) is 0. The zero-order valence-corrected chi connectivity index (χ0v) is 9.42. The van der Waals surface area contributed by atoms with E-state index in [-0.39, 0.29) is 0 Å². The van der Waals surface area contributed by atoms with Gasteiger partial charge in [0.05, 0.1) is 0 Å². The first kappa shape index (κ1) is 9.55. The molecule has 0 radical (unpaired) electrons. The first-order valence-corrected chi connectivity index (χ1v) is 6.18. The lowest BCUT2D eigenvalue weighted by molar-refractivity contribution is 0.153. The molecule has 2 rings (SSSR count). The Labute approximate surface area is 83.1 Å². The maximum Gasteiger partial charge on any atom is -0.0383 e. The van der Waals surface area contributed by atoms with Gasteiger partial charge in [0, 0.05) is 0 Å². The van der Waals surface area contributed by atoms with E-state index < -0.39 is 0 Å². The fourth-order valence-electron chi connectivity index (χ4n) is 3.07. The fraction of sp³-hybridized carbons (Fsp3) is 1.00. The molecule has 13 heavy (non-hydrogen) atoms. The highest BCUT2D eigenvalue weighted by molar-refractivity contribution is 4.86. The molecule has 0 spiro atoms. The fourth-order valence-corrected chi connectivity index (χ4v) is 3.07. The molecule has 2 saturated carbocycles. The lowest BCUT2D eigenvalue weighted by Crippen LogP contribution is -2.25. The molecule has 0 N–H and O–H groups in total. The molecule has 0 aromatic heterocycles. The monoisotopic (exact) mass is 180 g/mol. The third kappa shape index (κ3) is 2.08. The van der Waals surface area contributed by atoms with Crippen molar-refractivity contribution in [3.63, 3.8) is 0 Å². The van der Waals surface area contributed by atoms with Crippen molar-refractivity contribution in [2.75, 3.05) is 0 Å². The van der Waals surface area contributed by atoms with Gasteiger partial charge in [-0.15, -0.1) is 0 Å². The zero-order valence-electron chi connectivity index (χ0n) is 9.42. The van der Waals surface area contributed by atoms with E-state index in [0.29, 0.717) is 0 Å². The van der Waals surface area contributed by atoms with Crippen LogP contribution in [-0.2, 0) is 0 Å². The summed E-state index contributed by atoms with van der Waals surface area (Å²) in [4.78, 5) is 0. The second-order valence-electron chi connectivity index (χ2n) is 5.72. The van der Waals surface area contributed by atoms with Gasteiger partial charge in [0.15, 0.2) is 0 Å². The minimum atomic E-state index is 0.986. The first-order valence-electron chi connectivity index (χ1n) is 6.18. The number of hydrogen-bond donors (Lipinski definition) is 0. The topological polar surface area (TPSA) is 0 Å². The summed E-state index contributed by atoms with van der Waals surface area (Å²) < 4.78 is 0. The molecule has 2 aliphatic carbocycles. The van der Waals surface area contributed by atoms with Crippen LogP contribution in [0.15, 0.2) is 0 Å². The summed E-state index contributed by atoms with van der Waals surface area (Å²) in [6.45, 7) is 7.39. The van der Waals surface area contributed by atoms with Gasteiger partial charge < -0.3 is 0 Å². The summed E-state index contributed by atoms with van der Waals surface area (Å²) in [6.07, 6.45) is 7.58. The molecule has 0 bridgehead atoms. The van der Waals surface area contributed by atoms with Crippen molar-refractivity contribution in [1.29, 1.82) is 0 Å². The van der Waals surface area contributed by atoms with Crippen molar-refractivity contribution in [3.05, 3.63) is 0 Å². The van der Waals surface area contributed by atoms with Gasteiger partial charge in [0.2, 0.25) is 0 Å². The van der Waals surface area contributed by atoms with Crippen LogP contribution in [0.4, 0.5) is 0 Å². The van der Waals surface area contributed by atoms with E-state index >= 15 is 0 Å². The van der Waals surface area contributed by atoms with Crippen LogP contribution in [0.2, 0.25) is 0 Å². The van der Waals surface area contributed by atoms with Gasteiger partial charge in [-0.2, -0.15) is 0 Å². The molecule has 0 amide bonds. The van der Waals surface area contributed by atoms with E-state index in [2.05, 4.69) is 20.8 Å². The van der Waals surface area contributed by atoms with Gasteiger partial charge in [-0.3, -0.25) is 0 Å². The normalized spacial score (nSPS) is 43.2. The molecule has 0 saturated heterocycles. The second kappa shape index (κ2) is 3.63. The molecule has 0 nitrogen and oxygen atoms in total. The van der Waals surface area contributed by atoms with Crippen LogP contribution >= 0.6 is 0 Å². The van der Waals surface area contributed by atoms with Crippen molar-refractivity contribution < 1.29 is 0 Å². The van der Waals surface area contributed by atoms with Gasteiger partial charge in [-0.1, -0.05) is 27.2 Å². The summed E-state index contributed by atoms with van der Waals surface area (Å²) >= 11 is 0. The third-order valence-electron chi connectivity index (χ3n) is 4.75. The molecule has 2 fully saturated rings. The van der Waals surface area contributed by atoms with Gasteiger partial charge >= 0.3 is 0 Å². The van der Waals surface area contributed by atoms with E-state index in [4.69, 9.17) is 0 Å². The quantitative estimate of drug-likeness (QED) is 0.600. The lowest BCUT2D eigenvalue weighted by atomic mass is 9.70. The van der Waals surface area contributed by atoms with Crippen LogP contribution in [0.25, 0.3) is 0 Å². The summed E-state index contributed by atoms with van der Waals surface area (Å²) in [7, 11) is 0. The Morgan fingerprint density at radius 2 is 1.46 bits per heavy atom. The molecule has 4 atom stereocenters. The summed E-state index contributed by atoms with van der Waals surface area (Å²) in [5, 5.41) is 0. The Kier molecular flexibility index (Phi) is 2.67. The van der Waals surface area contributed by atoms with Crippen LogP contribution in [0.1, 0.15) is 52.9 Å². The largest absolute Gasteiger partial charge is 0.0623 e. The highest BCUT2D eigenvalue weighted by atomic mass is 14.4. The van der Waals surface area contributed by atoms with Crippen molar-refractivity contribution in [2.24, 2.45) is 29.6 Å². The van der Waals surface area contributed by atoms with Crippen molar-refractivity contribution in [2.45, 2.75) is 52.9 Å². The number of hydrogen-bond acceptors (Lipinski definition) is 0. The average Bonchev–Trinajstić information content (AvgIpc) is 2.91. The van der Waals surface area contributed by atoms with Gasteiger partial charge in [-0.05, 0) is 55.3 Å². The Balaban J connectivity index is 1.86. The molecule has 0 aromatic carbocycles. The van der Waals surface area contributed by atoms with E-state index in [9.17, 15) is 0 Å². The Morgan fingerprint density at radius 1 is 0.846 bits per heavy atom. The number of rotatable bonds is 2. The SMILES string of the molecule is CC1CCC(C(C)C2CC2)CC1C. The van der Waals surface area contributed by atoms with E-state index in [1.165, 1.54) is 32.1 Å². The van der Waals surface area contributed by atoms with Crippen molar-refractivity contribution in [3.8, 4) is 0 Å². The van der Waals surface area contributed by atoms with Gasteiger partial charge in [0.1, 0.15) is 0 Å². The molecule has 0 aromatic rings. The highest BCUT2D eigenvalue weighted by Gasteiger charge is 2.36. The molecule has 2 aliphatic rings. The Bertz CT molecular complexity index is 169. The third-order valence-corrected chi connectivity index (χ3v) is 4.75. The van der Waals surface area contributed by atoms with E-state index in [1.54, 1.807) is 0 Å². The second-order valence-corrected chi connectivity index (χ2v) is 5.72. The first-order chi connectivity index (χ1) is 6.18. The predicted molar refractivity (Wildman–Crippen MR) is 57.6 cm³/mol. The van der Waals surface area contributed by atoms with Gasteiger partial charge in [0.25, 0.3) is 0 Å². The van der Waals surface area contributed by atoms with E-state index in [0.717, 1.165) is 29.6 Å². The van der Waals surface area contributed by atoms with Crippen molar-refractivity contribution in [1.82, 2.24) is 0 Å². The Hall–Kier alpha value is 0. The standard InChI is InChI=1S/C13H24/c1-9-4-5-13(8-10(9)2)11(3)12-6-7-12/h9-13H,4-8H2,1-3H3. The maximum absolute atomic E-state index is 2.50. The zero-order chi connectivity index (χ0) is 9.42. The molecule has 4 unspecified atom stereocenters. The molecule has 0 heteroatoms. The van der Waals surface area contributed by atoms with Crippen LogP contribution in [0, 0.1) is 29.6 Å². The molecular weight excluding hydrogens is 156 g/mol. The van der Waals surface area contributed by atoms with Crippen LogP contribution in [0.5, 0.6) is 0 Å². The highest BCUT2D eigenvalue weighted by Crippen LogP contribution is 2.46. The summed E-state index contributed by atoms with van der Waals surface area (Å²) in [5.41, 5.74) is 0. The molecule has 76 valence electrons. The molecule has 0 aliphatic heterocycles. The predicted octanol–water partition coefficient (Wildman–Crippen LogP) is 4.10. The lowest BCUT2D eigenvalue weighted by Gasteiger charge is -2.35. The smallest absolute Gasteiger partial charge is 0.0383 e. The Morgan fingerprint density at radius 3 is 2.00 bits per heavy atom. The maximum atomic E-state index is 2.50. The average molecular weight is 180 g/mol. The van der Waals surface area contributed by atoms with Crippen molar-refractivity contribution >= 4 is 0 Å². The molecular formula is C13H24. The summed E-state index contributed by atoms with van der Waals surface area (Å²) in [5.74, 6) is 5.20.